The number of thioether (sulfide) groups is 1. The molecule has 0 spiro atoms. The molecule has 0 saturated carbocycles. The van der Waals surface area contributed by atoms with E-state index in [1.54, 1.807) is 24.3 Å². The molecule has 0 aliphatic rings. The molecule has 0 fully saturated rings. The van der Waals surface area contributed by atoms with Crippen LogP contribution in [0.15, 0.2) is 66.3 Å². The molecular weight excluding hydrogens is 427 g/mol. The Morgan fingerprint density at radius 1 is 1.25 bits per heavy atom. The second kappa shape index (κ2) is 9.40. The van der Waals surface area contributed by atoms with Gasteiger partial charge in [-0.25, -0.2) is 4.39 Å². The molecule has 4 aromatic rings. The minimum absolute atomic E-state index is 0.0160. The molecule has 164 valence electrons. The van der Waals surface area contributed by atoms with Crippen LogP contribution in [-0.2, 0) is 13.2 Å². The number of aromatic nitrogens is 4. The summed E-state index contributed by atoms with van der Waals surface area (Å²) in [5.74, 6) is 0.249. The summed E-state index contributed by atoms with van der Waals surface area (Å²) in [4.78, 5) is 16.6. The fourth-order valence-electron chi connectivity index (χ4n) is 3.54. The van der Waals surface area contributed by atoms with Crippen LogP contribution < -0.4 is 4.74 Å². The van der Waals surface area contributed by atoms with Crippen molar-refractivity contribution in [3.05, 3.63) is 84.1 Å². The highest BCUT2D eigenvalue weighted by molar-refractivity contribution is 8.00. The topological polar surface area (TPSA) is 72.8 Å². The number of carbonyl (C=O) groups is 1. The number of nitrogens with one attached hydrogen (secondary N) is 1. The third-order valence-corrected chi connectivity index (χ3v) is 6.17. The Labute approximate surface area is 189 Å². The van der Waals surface area contributed by atoms with Crippen molar-refractivity contribution >= 4 is 28.4 Å². The molecule has 4 rings (SSSR count). The van der Waals surface area contributed by atoms with Crippen LogP contribution in [0.1, 0.15) is 28.8 Å². The van der Waals surface area contributed by atoms with Crippen LogP contribution in [0.2, 0.25) is 0 Å². The number of ether oxygens (including phenoxy) is 1. The molecule has 0 amide bonds. The highest BCUT2D eigenvalue weighted by Gasteiger charge is 2.25. The first-order valence-electron chi connectivity index (χ1n) is 10.2. The zero-order valence-corrected chi connectivity index (χ0v) is 18.7. The van der Waals surface area contributed by atoms with Gasteiger partial charge in [-0.1, -0.05) is 48.2 Å². The smallest absolute Gasteiger partial charge is 0.192 e. The van der Waals surface area contributed by atoms with Crippen molar-refractivity contribution < 1.29 is 13.9 Å². The van der Waals surface area contributed by atoms with E-state index in [9.17, 15) is 9.18 Å². The normalized spacial score (nSPS) is 12.1. The third-order valence-electron chi connectivity index (χ3n) is 5.09. The van der Waals surface area contributed by atoms with E-state index >= 15 is 0 Å². The summed E-state index contributed by atoms with van der Waals surface area (Å²) < 4.78 is 21.3. The number of ketones is 1. The molecule has 1 atom stereocenters. The van der Waals surface area contributed by atoms with E-state index < -0.39 is 5.82 Å². The van der Waals surface area contributed by atoms with Crippen molar-refractivity contribution in [2.24, 2.45) is 0 Å². The average Bonchev–Trinajstić information content (AvgIpc) is 3.32. The van der Waals surface area contributed by atoms with E-state index in [0.717, 1.165) is 16.6 Å². The maximum atomic E-state index is 13.9. The number of para-hydroxylation sites is 2. The lowest BCUT2D eigenvalue weighted by Crippen LogP contribution is -2.16. The van der Waals surface area contributed by atoms with Crippen molar-refractivity contribution in [3.8, 4) is 5.75 Å². The molecule has 32 heavy (non-hydrogen) atoms. The minimum atomic E-state index is -0.440. The molecule has 0 radical (unpaired) electrons. The van der Waals surface area contributed by atoms with E-state index in [4.69, 9.17) is 4.74 Å². The van der Waals surface area contributed by atoms with Crippen LogP contribution in [0.4, 0.5) is 4.39 Å². The molecule has 2 aromatic carbocycles. The van der Waals surface area contributed by atoms with Gasteiger partial charge in [-0.05, 0) is 32.0 Å². The van der Waals surface area contributed by atoms with E-state index in [1.165, 1.54) is 17.8 Å². The summed E-state index contributed by atoms with van der Waals surface area (Å²) >= 11 is 1.33. The van der Waals surface area contributed by atoms with Gasteiger partial charge in [-0.3, -0.25) is 9.36 Å². The lowest BCUT2D eigenvalue weighted by molar-refractivity contribution is 0.0995. The van der Waals surface area contributed by atoms with Crippen LogP contribution >= 0.6 is 11.8 Å². The van der Waals surface area contributed by atoms with Gasteiger partial charge in [0.1, 0.15) is 6.61 Å². The SMILES string of the molecule is C=CCn1c(COc2ccccc2F)nnc1SC(C)C(=O)c1c(C)[nH]c2ccccc12. The van der Waals surface area contributed by atoms with Crippen molar-refractivity contribution in [3.63, 3.8) is 0 Å². The molecule has 0 bridgehead atoms. The Hall–Kier alpha value is -3.39. The summed E-state index contributed by atoms with van der Waals surface area (Å²) in [5.41, 5.74) is 2.47. The van der Waals surface area contributed by atoms with Gasteiger partial charge in [0.05, 0.1) is 5.25 Å². The summed E-state index contributed by atoms with van der Waals surface area (Å²) in [6, 6.07) is 14.0. The van der Waals surface area contributed by atoms with E-state index in [2.05, 4.69) is 21.8 Å². The number of allylic oxidation sites excluding steroid dienone is 1. The number of aryl methyl sites for hydroxylation is 1. The molecule has 0 aliphatic carbocycles. The molecule has 1 N–H and O–H groups in total. The molecule has 2 heterocycles. The number of hydrogen-bond acceptors (Lipinski definition) is 5. The minimum Gasteiger partial charge on any atom is -0.483 e. The number of nitrogens with zero attached hydrogens (tertiary/aromatic N) is 3. The summed E-state index contributed by atoms with van der Waals surface area (Å²) in [6.45, 7) is 8.05. The molecule has 0 saturated heterocycles. The number of benzene rings is 2. The fraction of sp³-hybridized carbons (Fsp3) is 0.208. The van der Waals surface area contributed by atoms with E-state index in [0.29, 0.717) is 23.1 Å². The first-order valence-corrected chi connectivity index (χ1v) is 11.1. The molecule has 8 heteroatoms. The van der Waals surface area contributed by atoms with Gasteiger partial charge in [0.25, 0.3) is 0 Å². The Morgan fingerprint density at radius 3 is 2.78 bits per heavy atom. The van der Waals surface area contributed by atoms with E-state index in [1.807, 2.05) is 42.7 Å². The van der Waals surface area contributed by atoms with Crippen LogP contribution in [0.3, 0.4) is 0 Å². The first kappa shape index (κ1) is 21.8. The Morgan fingerprint density at radius 2 is 2.00 bits per heavy atom. The van der Waals surface area contributed by atoms with Gasteiger partial charge < -0.3 is 9.72 Å². The second-order valence-corrected chi connectivity index (χ2v) is 8.62. The fourth-order valence-corrected chi connectivity index (χ4v) is 4.47. The van der Waals surface area contributed by atoms with Crippen LogP contribution in [0.25, 0.3) is 10.9 Å². The van der Waals surface area contributed by atoms with Crippen LogP contribution in [0, 0.1) is 12.7 Å². The molecule has 6 nitrogen and oxygen atoms in total. The van der Waals surface area contributed by atoms with Crippen LogP contribution in [0.5, 0.6) is 5.75 Å². The number of fused-ring (bicyclic) bond motifs is 1. The van der Waals surface area contributed by atoms with Crippen molar-refractivity contribution in [2.45, 2.75) is 37.4 Å². The van der Waals surface area contributed by atoms with Crippen molar-refractivity contribution in [1.82, 2.24) is 19.7 Å². The maximum Gasteiger partial charge on any atom is 0.192 e. The average molecular weight is 451 g/mol. The number of hydrogen-bond donors (Lipinski definition) is 1. The van der Waals surface area contributed by atoms with Gasteiger partial charge in [-0.15, -0.1) is 16.8 Å². The van der Waals surface area contributed by atoms with Gasteiger partial charge >= 0.3 is 0 Å². The Kier molecular flexibility index (Phi) is 6.41. The Bertz CT molecular complexity index is 1280. The second-order valence-electron chi connectivity index (χ2n) is 7.31. The summed E-state index contributed by atoms with van der Waals surface area (Å²) in [5, 5.41) is 9.56. The molecular formula is C24H23FN4O2S. The third kappa shape index (κ3) is 4.31. The van der Waals surface area contributed by atoms with Gasteiger partial charge in [-0.2, -0.15) is 0 Å². The van der Waals surface area contributed by atoms with Gasteiger partial charge in [0, 0.05) is 28.7 Å². The molecule has 1 unspecified atom stereocenters. The lowest BCUT2D eigenvalue weighted by atomic mass is 10.1. The van der Waals surface area contributed by atoms with E-state index in [-0.39, 0.29) is 23.4 Å². The zero-order valence-electron chi connectivity index (χ0n) is 17.8. The Balaban J connectivity index is 1.54. The predicted molar refractivity (Wildman–Crippen MR) is 124 cm³/mol. The maximum absolute atomic E-state index is 13.9. The lowest BCUT2D eigenvalue weighted by Gasteiger charge is -2.12. The highest BCUT2D eigenvalue weighted by atomic mass is 32.2. The van der Waals surface area contributed by atoms with Gasteiger partial charge in [0.2, 0.25) is 0 Å². The zero-order chi connectivity index (χ0) is 22.7. The largest absolute Gasteiger partial charge is 0.483 e. The monoisotopic (exact) mass is 450 g/mol. The van der Waals surface area contributed by atoms with Crippen molar-refractivity contribution in [2.75, 3.05) is 0 Å². The van der Waals surface area contributed by atoms with Crippen molar-refractivity contribution in [1.29, 1.82) is 0 Å². The standard InChI is InChI=1S/C24H23FN4O2S/c1-4-13-29-21(14-31-20-12-8-6-10-18(20)25)27-28-24(29)32-16(3)23(30)22-15(2)26-19-11-7-5-9-17(19)22/h4-12,16,26H,1,13-14H2,2-3H3. The molecule has 2 aromatic heterocycles. The number of H-pyrrole nitrogens is 1. The quantitative estimate of drug-likeness (QED) is 0.212. The number of rotatable bonds is 9. The number of Topliss-reactive ketones (excluding diaryl/α,β-unsaturated/α-hetero) is 1. The predicted octanol–water partition coefficient (Wildman–Crippen LogP) is 5.34. The number of aromatic amines is 1. The molecule has 0 aliphatic heterocycles. The number of carbonyl (C=O) groups excluding carboxylic acids is 1. The van der Waals surface area contributed by atoms with Crippen LogP contribution in [-0.4, -0.2) is 30.8 Å². The first-order chi connectivity index (χ1) is 15.5. The number of halogens is 1. The van der Waals surface area contributed by atoms with Gasteiger partial charge in [0.15, 0.2) is 28.3 Å². The summed E-state index contributed by atoms with van der Waals surface area (Å²) in [6.07, 6.45) is 1.72. The highest BCUT2D eigenvalue weighted by Crippen LogP contribution is 2.30. The summed E-state index contributed by atoms with van der Waals surface area (Å²) in [7, 11) is 0.